The number of aromatic nitrogens is 1. The lowest BCUT2D eigenvalue weighted by molar-refractivity contribution is 0.0971. The third-order valence-corrected chi connectivity index (χ3v) is 7.84. The quantitative estimate of drug-likeness (QED) is 0.328. The van der Waals surface area contributed by atoms with Crippen LogP contribution in [0.1, 0.15) is 45.1 Å². The zero-order valence-electron chi connectivity index (χ0n) is 17.4. The number of fused-ring (bicyclic) bond motifs is 3. The van der Waals surface area contributed by atoms with Crippen LogP contribution in [-0.4, -0.2) is 10.9 Å². The fourth-order valence-corrected chi connectivity index (χ4v) is 6.16. The summed E-state index contributed by atoms with van der Waals surface area (Å²) in [4.78, 5) is 34.5. The van der Waals surface area contributed by atoms with Crippen molar-refractivity contribution in [3.05, 3.63) is 91.5 Å². The molecule has 5 aromatic rings. The van der Waals surface area contributed by atoms with Gasteiger partial charge in [-0.3, -0.25) is 14.5 Å². The Morgan fingerprint density at radius 2 is 2.00 bits per heavy atom. The van der Waals surface area contributed by atoms with Crippen LogP contribution in [0.4, 0.5) is 5.13 Å². The predicted octanol–water partition coefficient (Wildman–Crippen LogP) is 6.08. The lowest BCUT2D eigenvalue weighted by Crippen LogP contribution is -2.28. The van der Waals surface area contributed by atoms with Crippen LogP contribution in [0.5, 0.6) is 0 Å². The number of hydrogen-bond acceptors (Lipinski definition) is 6. The Morgan fingerprint density at radius 3 is 2.78 bits per heavy atom. The van der Waals surface area contributed by atoms with E-state index in [4.69, 9.17) is 9.40 Å². The average Bonchev–Trinajstić information content (AvgIpc) is 3.52. The highest BCUT2D eigenvalue weighted by atomic mass is 32.1. The first-order valence-corrected chi connectivity index (χ1v) is 12.1. The summed E-state index contributed by atoms with van der Waals surface area (Å²) in [6.07, 6.45) is 0.930. The van der Waals surface area contributed by atoms with Crippen molar-refractivity contribution in [1.29, 1.82) is 0 Å². The highest BCUT2D eigenvalue weighted by Crippen LogP contribution is 2.44. The largest absolute Gasteiger partial charge is 0.450 e. The molecule has 4 heterocycles. The van der Waals surface area contributed by atoms with Crippen molar-refractivity contribution in [2.45, 2.75) is 26.3 Å². The van der Waals surface area contributed by atoms with E-state index in [-0.39, 0.29) is 17.1 Å². The van der Waals surface area contributed by atoms with Crippen molar-refractivity contribution < 1.29 is 9.21 Å². The predicted molar refractivity (Wildman–Crippen MR) is 129 cm³/mol. The molecule has 0 fully saturated rings. The molecule has 2 aromatic carbocycles. The summed E-state index contributed by atoms with van der Waals surface area (Å²) < 4.78 is 7.05. The van der Waals surface area contributed by atoms with E-state index >= 15 is 0 Å². The van der Waals surface area contributed by atoms with Gasteiger partial charge in [0.1, 0.15) is 11.6 Å². The number of aryl methyl sites for hydroxylation is 2. The van der Waals surface area contributed by atoms with Gasteiger partial charge in [0.15, 0.2) is 10.6 Å². The van der Waals surface area contributed by atoms with Gasteiger partial charge in [0, 0.05) is 4.88 Å². The molecule has 3 aromatic heterocycles. The normalized spacial score (nSPS) is 15.8. The lowest BCUT2D eigenvalue weighted by atomic mass is 10.0. The van der Waals surface area contributed by atoms with E-state index in [1.165, 1.54) is 28.2 Å². The van der Waals surface area contributed by atoms with Gasteiger partial charge in [-0.25, -0.2) is 4.98 Å². The van der Waals surface area contributed by atoms with Gasteiger partial charge in [0.05, 0.1) is 21.2 Å². The Bertz CT molecular complexity index is 1580. The average molecular weight is 459 g/mol. The summed E-state index contributed by atoms with van der Waals surface area (Å²) in [6.45, 7) is 4.05. The molecule has 7 heteroatoms. The third-order valence-electron chi connectivity index (χ3n) is 5.89. The highest BCUT2D eigenvalue weighted by molar-refractivity contribution is 7.22. The third kappa shape index (κ3) is 2.78. The van der Waals surface area contributed by atoms with Crippen molar-refractivity contribution in [1.82, 2.24) is 4.98 Å². The molecule has 1 atom stereocenters. The van der Waals surface area contributed by atoms with Gasteiger partial charge in [-0.1, -0.05) is 42.0 Å². The summed E-state index contributed by atoms with van der Waals surface area (Å²) in [5.74, 6) is -0.217. The van der Waals surface area contributed by atoms with E-state index in [0.29, 0.717) is 21.7 Å². The first kappa shape index (κ1) is 19.4. The summed E-state index contributed by atoms with van der Waals surface area (Å²) >= 11 is 2.98. The Balaban J connectivity index is 1.61. The van der Waals surface area contributed by atoms with Gasteiger partial charge in [-0.2, -0.15) is 0 Å². The fourth-order valence-electron chi connectivity index (χ4n) is 4.28. The molecule has 0 unspecified atom stereocenters. The Labute approximate surface area is 191 Å². The highest BCUT2D eigenvalue weighted by Gasteiger charge is 2.45. The van der Waals surface area contributed by atoms with Gasteiger partial charge in [-0.15, -0.1) is 11.3 Å². The van der Waals surface area contributed by atoms with Gasteiger partial charge in [0.25, 0.3) is 5.91 Å². The Hall–Kier alpha value is -3.29. The van der Waals surface area contributed by atoms with Gasteiger partial charge in [-0.05, 0) is 54.6 Å². The number of carbonyl (C=O) groups is 1. The molecule has 6 rings (SSSR count). The molecule has 0 bridgehead atoms. The van der Waals surface area contributed by atoms with E-state index in [2.05, 4.69) is 19.1 Å². The van der Waals surface area contributed by atoms with E-state index in [1.807, 2.05) is 42.6 Å². The molecular weight excluding hydrogens is 440 g/mol. The van der Waals surface area contributed by atoms with Crippen molar-refractivity contribution in [2.75, 3.05) is 4.90 Å². The summed E-state index contributed by atoms with van der Waals surface area (Å²) in [6, 6.07) is 15.0. The Morgan fingerprint density at radius 1 is 1.12 bits per heavy atom. The number of nitrogens with zero attached hydrogens (tertiary/aromatic N) is 2. The van der Waals surface area contributed by atoms with Crippen LogP contribution < -0.4 is 10.3 Å². The standard InChI is InChI=1S/C25H18N2O3S2/c1-3-14-7-8-16-19(12-14)32-25(26-16)27-21(18-5-4-10-31-18)20-22(28)15-11-13(2)6-9-17(15)30-23(20)24(27)29/h4-12,21H,3H2,1-2H3/t21-/m1/s1. The molecule has 0 saturated carbocycles. The van der Waals surface area contributed by atoms with E-state index in [0.717, 1.165) is 27.1 Å². The maximum atomic E-state index is 13.6. The fraction of sp³-hybridized carbons (Fsp3) is 0.160. The summed E-state index contributed by atoms with van der Waals surface area (Å²) in [7, 11) is 0. The monoisotopic (exact) mass is 458 g/mol. The Kier molecular flexibility index (Phi) is 4.31. The molecule has 5 nitrogen and oxygen atoms in total. The molecular formula is C25H18N2O3S2. The number of amides is 1. The minimum absolute atomic E-state index is 0.109. The smallest absolute Gasteiger partial charge is 0.297 e. The molecule has 32 heavy (non-hydrogen) atoms. The molecule has 1 aliphatic heterocycles. The minimum Gasteiger partial charge on any atom is -0.450 e. The van der Waals surface area contributed by atoms with Crippen molar-refractivity contribution in [3.8, 4) is 0 Å². The van der Waals surface area contributed by atoms with Crippen molar-refractivity contribution in [3.63, 3.8) is 0 Å². The van der Waals surface area contributed by atoms with E-state index < -0.39 is 6.04 Å². The number of rotatable bonds is 3. The molecule has 0 radical (unpaired) electrons. The van der Waals surface area contributed by atoms with E-state index in [1.54, 1.807) is 11.0 Å². The maximum Gasteiger partial charge on any atom is 0.297 e. The van der Waals surface area contributed by atoms with Gasteiger partial charge in [0.2, 0.25) is 5.76 Å². The van der Waals surface area contributed by atoms with Gasteiger partial charge < -0.3 is 4.42 Å². The zero-order chi connectivity index (χ0) is 22.0. The molecule has 0 aliphatic carbocycles. The first-order valence-electron chi connectivity index (χ1n) is 10.4. The second-order valence-corrected chi connectivity index (χ2v) is 9.91. The molecule has 0 spiro atoms. The number of thiophene rings is 1. The first-order chi connectivity index (χ1) is 15.5. The number of benzene rings is 2. The van der Waals surface area contributed by atoms with Crippen LogP contribution in [0.3, 0.4) is 0 Å². The van der Waals surface area contributed by atoms with Crippen LogP contribution in [0.2, 0.25) is 0 Å². The van der Waals surface area contributed by atoms with Gasteiger partial charge >= 0.3 is 0 Å². The summed E-state index contributed by atoms with van der Waals surface area (Å²) in [5, 5.41) is 3.02. The SMILES string of the molecule is CCc1ccc2nc(N3C(=O)c4oc5ccc(C)cc5c(=O)c4[C@H]3c3cccs3)sc2c1. The van der Waals surface area contributed by atoms with Crippen LogP contribution in [0.25, 0.3) is 21.2 Å². The number of anilines is 1. The summed E-state index contributed by atoms with van der Waals surface area (Å²) in [5.41, 5.74) is 3.69. The van der Waals surface area contributed by atoms with Crippen molar-refractivity contribution >= 4 is 54.9 Å². The number of thiazole rings is 1. The van der Waals surface area contributed by atoms with E-state index in [9.17, 15) is 9.59 Å². The number of carbonyl (C=O) groups excluding carboxylic acids is 1. The zero-order valence-corrected chi connectivity index (χ0v) is 19.0. The molecule has 158 valence electrons. The maximum absolute atomic E-state index is 13.6. The molecule has 0 N–H and O–H groups in total. The molecule has 1 amide bonds. The van der Waals surface area contributed by atoms with Crippen LogP contribution in [0.15, 0.2) is 63.1 Å². The second-order valence-electron chi connectivity index (χ2n) is 7.92. The minimum atomic E-state index is -0.551. The number of hydrogen-bond donors (Lipinski definition) is 0. The van der Waals surface area contributed by atoms with Crippen LogP contribution >= 0.6 is 22.7 Å². The van der Waals surface area contributed by atoms with Crippen LogP contribution in [-0.2, 0) is 6.42 Å². The topological polar surface area (TPSA) is 63.4 Å². The van der Waals surface area contributed by atoms with Crippen LogP contribution in [0, 0.1) is 6.92 Å². The van der Waals surface area contributed by atoms with Crippen molar-refractivity contribution in [2.24, 2.45) is 0 Å². The molecule has 1 aliphatic rings. The second kappa shape index (κ2) is 7.12. The lowest BCUT2D eigenvalue weighted by Gasteiger charge is -2.20. The molecule has 0 saturated heterocycles.